The minimum atomic E-state index is -0.328. The lowest BCUT2D eigenvalue weighted by atomic mass is 9.90. The van der Waals surface area contributed by atoms with Gasteiger partial charge in [-0.3, -0.25) is 4.99 Å². The highest BCUT2D eigenvalue weighted by atomic mass is 16.6. The lowest BCUT2D eigenvalue weighted by molar-refractivity contribution is 0.112. The fourth-order valence-corrected chi connectivity index (χ4v) is 3.44. The van der Waals surface area contributed by atoms with Crippen LogP contribution in [0.5, 0.6) is 0 Å². The molecule has 2 aliphatic heterocycles. The summed E-state index contributed by atoms with van der Waals surface area (Å²) < 4.78 is 5.22. The number of carbonyl (C=O) groups excluding carboxylic acids is 1. The van der Waals surface area contributed by atoms with E-state index in [4.69, 9.17) is 9.73 Å². The largest absolute Gasteiger partial charge is 0.447 e. The van der Waals surface area contributed by atoms with Gasteiger partial charge in [-0.25, -0.2) is 4.79 Å². The topological polar surface area (TPSA) is 53.9 Å². The third kappa shape index (κ3) is 3.88. The molecule has 1 saturated heterocycles. The monoisotopic (exact) mass is 321 g/mol. The number of amidine groups is 1. The Balaban J connectivity index is 2.21. The highest BCUT2D eigenvalue weighted by molar-refractivity contribution is 5.90. The average molecular weight is 321 g/mol. The van der Waals surface area contributed by atoms with Crippen molar-refractivity contribution < 1.29 is 9.53 Å². The Hall–Kier alpha value is -1.52. The van der Waals surface area contributed by atoms with Crippen LogP contribution in [0.1, 0.15) is 61.3 Å². The van der Waals surface area contributed by atoms with Gasteiger partial charge in [-0.05, 0) is 32.8 Å². The summed E-state index contributed by atoms with van der Waals surface area (Å²) in [6.45, 7) is 15.4. The van der Waals surface area contributed by atoms with Crippen LogP contribution in [0.3, 0.4) is 0 Å². The molecule has 2 atom stereocenters. The Morgan fingerprint density at radius 3 is 2.61 bits per heavy atom. The Kier molecular flexibility index (Phi) is 5.07. The number of ether oxygens (including phenoxy) is 1. The summed E-state index contributed by atoms with van der Waals surface area (Å²) in [7, 11) is 0. The zero-order valence-corrected chi connectivity index (χ0v) is 15.6. The van der Waals surface area contributed by atoms with Crippen molar-refractivity contribution in [3.8, 4) is 0 Å². The van der Waals surface area contributed by atoms with Crippen molar-refractivity contribution in [1.82, 2.24) is 10.2 Å². The SMILES string of the molecule is CCC1=C2C[C@H](NC(=O)OC(C)C)CN2C(C(C)(C)C)=N[C@H]1C. The molecule has 1 N–H and O–H groups in total. The maximum atomic E-state index is 11.9. The molecule has 0 radical (unpaired) electrons. The molecule has 2 aliphatic rings. The molecule has 130 valence electrons. The van der Waals surface area contributed by atoms with Gasteiger partial charge >= 0.3 is 6.09 Å². The molecule has 0 aromatic heterocycles. The van der Waals surface area contributed by atoms with E-state index < -0.39 is 0 Å². The van der Waals surface area contributed by atoms with E-state index in [2.05, 4.69) is 44.8 Å². The smallest absolute Gasteiger partial charge is 0.407 e. The van der Waals surface area contributed by atoms with E-state index in [1.807, 2.05) is 13.8 Å². The van der Waals surface area contributed by atoms with E-state index in [1.54, 1.807) is 0 Å². The highest BCUT2D eigenvalue weighted by Gasteiger charge is 2.40. The number of rotatable bonds is 3. The van der Waals surface area contributed by atoms with Gasteiger partial charge in [0.1, 0.15) is 5.84 Å². The van der Waals surface area contributed by atoms with Crippen molar-refractivity contribution in [1.29, 1.82) is 0 Å². The minimum Gasteiger partial charge on any atom is -0.447 e. The van der Waals surface area contributed by atoms with Crippen molar-refractivity contribution >= 4 is 11.9 Å². The molecule has 0 aliphatic carbocycles. The molecule has 23 heavy (non-hydrogen) atoms. The summed E-state index contributed by atoms with van der Waals surface area (Å²) >= 11 is 0. The number of aliphatic imine (C=N–C) groups is 1. The van der Waals surface area contributed by atoms with Gasteiger partial charge in [0.15, 0.2) is 0 Å². The summed E-state index contributed by atoms with van der Waals surface area (Å²) in [5.41, 5.74) is 2.72. The second kappa shape index (κ2) is 6.54. The predicted octanol–water partition coefficient (Wildman–Crippen LogP) is 3.71. The van der Waals surface area contributed by atoms with Gasteiger partial charge < -0.3 is 15.0 Å². The third-order valence-corrected chi connectivity index (χ3v) is 4.33. The van der Waals surface area contributed by atoms with Gasteiger partial charge in [0.05, 0.1) is 18.2 Å². The molecule has 0 unspecified atom stereocenters. The van der Waals surface area contributed by atoms with E-state index in [9.17, 15) is 4.79 Å². The Bertz CT molecular complexity index is 529. The summed E-state index contributed by atoms with van der Waals surface area (Å²) in [5.74, 6) is 1.12. The summed E-state index contributed by atoms with van der Waals surface area (Å²) in [5, 5.41) is 3.01. The fraction of sp³-hybridized carbons (Fsp3) is 0.778. The number of hydrogen-bond donors (Lipinski definition) is 1. The normalized spacial score (nSPS) is 24.7. The van der Waals surface area contributed by atoms with E-state index in [0.29, 0.717) is 0 Å². The molecule has 1 amide bonds. The molecule has 2 heterocycles. The summed E-state index contributed by atoms with van der Waals surface area (Å²) in [4.78, 5) is 19.2. The van der Waals surface area contributed by atoms with E-state index in [-0.39, 0.29) is 29.7 Å². The van der Waals surface area contributed by atoms with Gasteiger partial charge in [0.2, 0.25) is 0 Å². The second-order valence-corrected chi connectivity index (χ2v) is 7.81. The molecule has 0 saturated carbocycles. The molecule has 0 spiro atoms. The van der Waals surface area contributed by atoms with Gasteiger partial charge in [-0.2, -0.15) is 0 Å². The zero-order valence-electron chi connectivity index (χ0n) is 15.6. The Labute approximate surface area is 140 Å². The minimum absolute atomic E-state index is 0.00782. The second-order valence-electron chi connectivity index (χ2n) is 7.81. The maximum absolute atomic E-state index is 11.9. The first-order valence-electron chi connectivity index (χ1n) is 8.68. The van der Waals surface area contributed by atoms with Gasteiger partial charge in [0, 0.05) is 24.1 Å². The molecule has 0 aromatic rings. The first-order chi connectivity index (χ1) is 10.6. The predicted molar refractivity (Wildman–Crippen MR) is 93.5 cm³/mol. The van der Waals surface area contributed by atoms with Crippen molar-refractivity contribution in [3.05, 3.63) is 11.3 Å². The van der Waals surface area contributed by atoms with Crippen molar-refractivity contribution in [2.24, 2.45) is 10.4 Å². The zero-order chi connectivity index (χ0) is 17.4. The Morgan fingerprint density at radius 1 is 1.43 bits per heavy atom. The number of alkyl carbamates (subject to hydrolysis) is 1. The number of nitrogens with zero attached hydrogens (tertiary/aromatic N) is 2. The van der Waals surface area contributed by atoms with Crippen LogP contribution in [0.25, 0.3) is 0 Å². The number of amides is 1. The quantitative estimate of drug-likeness (QED) is 0.862. The molecular weight excluding hydrogens is 290 g/mol. The van der Waals surface area contributed by atoms with Crippen molar-refractivity contribution in [2.45, 2.75) is 79.5 Å². The lowest BCUT2D eigenvalue weighted by Gasteiger charge is -2.37. The van der Waals surface area contributed by atoms with Crippen LogP contribution in [-0.2, 0) is 4.74 Å². The van der Waals surface area contributed by atoms with Crippen LogP contribution in [0, 0.1) is 5.41 Å². The number of carbonyl (C=O) groups is 1. The molecule has 5 nitrogen and oxygen atoms in total. The van der Waals surface area contributed by atoms with Crippen molar-refractivity contribution in [2.75, 3.05) is 6.54 Å². The lowest BCUT2D eigenvalue weighted by Crippen LogP contribution is -2.44. The summed E-state index contributed by atoms with van der Waals surface area (Å²) in [6.07, 6.45) is 1.43. The van der Waals surface area contributed by atoms with Crippen LogP contribution in [-0.4, -0.2) is 41.6 Å². The molecule has 0 aromatic carbocycles. The summed E-state index contributed by atoms with van der Waals surface area (Å²) in [6, 6.07) is 0.303. The average Bonchev–Trinajstić information content (AvgIpc) is 2.78. The van der Waals surface area contributed by atoms with Crippen molar-refractivity contribution in [3.63, 3.8) is 0 Å². The van der Waals surface area contributed by atoms with E-state index in [1.165, 1.54) is 11.3 Å². The van der Waals surface area contributed by atoms with Crippen LogP contribution in [0.2, 0.25) is 0 Å². The van der Waals surface area contributed by atoms with Gasteiger partial charge in [0.25, 0.3) is 0 Å². The van der Waals surface area contributed by atoms with E-state index in [0.717, 1.165) is 25.2 Å². The molecule has 1 fully saturated rings. The van der Waals surface area contributed by atoms with Crippen LogP contribution < -0.4 is 5.32 Å². The van der Waals surface area contributed by atoms with Gasteiger partial charge in [-0.1, -0.05) is 27.7 Å². The van der Waals surface area contributed by atoms with Crippen LogP contribution in [0.15, 0.2) is 16.3 Å². The number of hydrogen-bond acceptors (Lipinski definition) is 4. The number of nitrogens with one attached hydrogen (secondary N) is 1. The van der Waals surface area contributed by atoms with Gasteiger partial charge in [-0.15, -0.1) is 0 Å². The highest BCUT2D eigenvalue weighted by Crippen LogP contribution is 2.37. The molecular formula is C18H31N3O2. The first kappa shape index (κ1) is 17.8. The third-order valence-electron chi connectivity index (χ3n) is 4.33. The Morgan fingerprint density at radius 2 is 2.09 bits per heavy atom. The van der Waals surface area contributed by atoms with Crippen LogP contribution >= 0.6 is 0 Å². The maximum Gasteiger partial charge on any atom is 0.407 e. The molecule has 2 rings (SSSR count). The molecule has 5 heteroatoms. The van der Waals surface area contributed by atoms with Crippen LogP contribution in [0.4, 0.5) is 4.79 Å². The number of fused-ring (bicyclic) bond motifs is 1. The molecule has 0 bridgehead atoms. The fourth-order valence-electron chi connectivity index (χ4n) is 3.44. The standard InChI is InChI=1S/C18H31N3O2/c1-8-14-12(4)19-16(18(5,6)7)21-10-13(9-15(14)21)20-17(22)23-11(2)3/h11-13H,8-10H2,1-7H3,(H,20,22)/t12-,13-/m0/s1. The van der Waals surface area contributed by atoms with E-state index >= 15 is 0 Å². The first-order valence-corrected chi connectivity index (χ1v) is 8.68.